The predicted octanol–water partition coefficient (Wildman–Crippen LogP) is 5.51. The number of nitrogens with one attached hydrogen (secondary N) is 1. The Hall–Kier alpha value is -6.36. The normalized spacial score (nSPS) is 12.1. The van der Waals surface area contributed by atoms with E-state index >= 15 is 0 Å². The Bertz CT molecular complexity index is 2000. The van der Waals surface area contributed by atoms with Gasteiger partial charge in [-0.3, -0.25) is 19.3 Å². The van der Waals surface area contributed by atoms with Gasteiger partial charge in [-0.25, -0.2) is 4.79 Å². The molecule has 0 radical (unpaired) electrons. The molecule has 2 heterocycles. The molecule has 11 nitrogen and oxygen atoms in total. The average Bonchev–Trinajstić information content (AvgIpc) is 3.61. The van der Waals surface area contributed by atoms with Crippen LogP contribution in [0.1, 0.15) is 20.7 Å². The third-order valence-corrected chi connectivity index (χ3v) is 7.68. The molecule has 5 aromatic rings. The molecule has 1 aliphatic heterocycles. The van der Waals surface area contributed by atoms with Crippen LogP contribution in [0.15, 0.2) is 115 Å². The van der Waals surface area contributed by atoms with Gasteiger partial charge in [0.1, 0.15) is 6.61 Å². The minimum atomic E-state index is -0.522. The molecule has 6 rings (SSSR count). The Morgan fingerprint density at radius 3 is 2.19 bits per heavy atom. The minimum absolute atomic E-state index is 0.0365. The number of amides is 3. The van der Waals surface area contributed by atoms with E-state index in [9.17, 15) is 19.2 Å². The number of nitrogens with zero attached hydrogens (tertiary/aromatic N) is 4. The molecule has 0 aliphatic carbocycles. The molecule has 0 saturated heterocycles. The summed E-state index contributed by atoms with van der Waals surface area (Å²) in [6.07, 6.45) is 2.27. The maximum atomic E-state index is 13.7. The van der Waals surface area contributed by atoms with Crippen molar-refractivity contribution in [2.45, 2.75) is 0 Å². The van der Waals surface area contributed by atoms with Crippen LogP contribution in [0.3, 0.4) is 0 Å². The van der Waals surface area contributed by atoms with E-state index in [-0.39, 0.29) is 19.7 Å². The molecule has 0 unspecified atom stereocenters. The molecule has 3 amide bonds. The summed E-state index contributed by atoms with van der Waals surface area (Å²) in [4.78, 5) is 54.2. The lowest BCUT2D eigenvalue weighted by molar-refractivity contribution is -0.137. The highest BCUT2D eigenvalue weighted by Crippen LogP contribution is 2.34. The molecule has 0 saturated carbocycles. The summed E-state index contributed by atoms with van der Waals surface area (Å²) in [5, 5.41) is 12.7. The van der Waals surface area contributed by atoms with E-state index in [1.807, 2.05) is 36.4 Å². The van der Waals surface area contributed by atoms with Crippen LogP contribution in [0.25, 0.3) is 33.7 Å². The topological polar surface area (TPSA) is 135 Å². The second-order valence-electron chi connectivity index (χ2n) is 10.5. The zero-order chi connectivity index (χ0) is 32.9. The Morgan fingerprint density at radius 2 is 1.51 bits per heavy atom. The molecule has 1 aliphatic rings. The zero-order valence-corrected chi connectivity index (χ0v) is 25.2. The monoisotopic (exact) mass is 627 g/mol. The van der Waals surface area contributed by atoms with E-state index in [4.69, 9.17) is 9.15 Å². The Morgan fingerprint density at radius 1 is 0.830 bits per heavy atom. The lowest BCUT2D eigenvalue weighted by atomic mass is 9.93. The molecule has 0 fully saturated rings. The largest absolute Gasteiger partial charge is 0.461 e. The molecule has 0 spiro atoms. The summed E-state index contributed by atoms with van der Waals surface area (Å²) in [5.41, 5.74) is 3.44. The van der Waals surface area contributed by atoms with Crippen LogP contribution in [0.2, 0.25) is 0 Å². The number of ether oxygens (including phenoxy) is 1. The number of carbonyl (C=O) groups is 4. The van der Waals surface area contributed by atoms with Gasteiger partial charge in [0.25, 0.3) is 11.8 Å². The third-order valence-electron chi connectivity index (χ3n) is 7.68. The van der Waals surface area contributed by atoms with Gasteiger partial charge < -0.3 is 19.4 Å². The summed E-state index contributed by atoms with van der Waals surface area (Å²) in [6.45, 7) is 7.43. The van der Waals surface area contributed by atoms with Crippen molar-refractivity contribution < 1.29 is 28.3 Å². The highest BCUT2D eigenvalue weighted by molar-refractivity contribution is 6.26. The van der Waals surface area contributed by atoms with E-state index in [1.54, 1.807) is 48.5 Å². The van der Waals surface area contributed by atoms with E-state index in [2.05, 4.69) is 28.7 Å². The van der Waals surface area contributed by atoms with E-state index < -0.39 is 23.7 Å². The third kappa shape index (κ3) is 6.14. The number of rotatable bonds is 12. The average molecular weight is 628 g/mol. The predicted molar refractivity (Wildman–Crippen MR) is 177 cm³/mol. The van der Waals surface area contributed by atoms with Gasteiger partial charge in [-0.15, -0.1) is 10.2 Å². The fourth-order valence-corrected chi connectivity index (χ4v) is 5.40. The van der Waals surface area contributed by atoms with Gasteiger partial charge in [-0.1, -0.05) is 43.5 Å². The molecule has 0 atom stereocenters. The van der Waals surface area contributed by atoms with Crippen molar-refractivity contribution in [3.63, 3.8) is 0 Å². The fourth-order valence-electron chi connectivity index (χ4n) is 5.40. The first-order valence-corrected chi connectivity index (χ1v) is 14.8. The van der Waals surface area contributed by atoms with Crippen LogP contribution in [0.5, 0.6) is 0 Å². The highest BCUT2D eigenvalue weighted by Gasteiger charge is 2.33. The van der Waals surface area contributed by atoms with Gasteiger partial charge in [0.05, 0.1) is 0 Å². The number of esters is 1. The van der Waals surface area contributed by atoms with Crippen LogP contribution >= 0.6 is 0 Å². The molecular formula is C36H29N5O6. The number of carbonyl (C=O) groups excluding carboxylic acids is 4. The Balaban J connectivity index is 1.18. The number of hydrogen-bond donors (Lipinski definition) is 1. The van der Waals surface area contributed by atoms with Crippen molar-refractivity contribution in [3.05, 3.63) is 121 Å². The first kappa shape index (κ1) is 30.7. The van der Waals surface area contributed by atoms with Gasteiger partial charge in [-0.05, 0) is 60.7 Å². The first-order chi connectivity index (χ1) is 22.9. The van der Waals surface area contributed by atoms with E-state index in [1.165, 1.54) is 11.0 Å². The lowest BCUT2D eigenvalue weighted by Crippen LogP contribution is -2.45. The summed E-state index contributed by atoms with van der Waals surface area (Å²) in [5.74, 6) is -1.12. The SMILES string of the molecule is C=CC(=O)OCCNc1ccc2c3c(cccc13)C(=O)N(CCN(C(=O)C=C)c1ccc(-c3nnc(-c4ccccc4)o3)cc1)C2=O. The maximum absolute atomic E-state index is 13.7. The molecule has 4 aromatic carbocycles. The number of hydrogen-bond acceptors (Lipinski definition) is 9. The van der Waals surface area contributed by atoms with Crippen molar-refractivity contribution in [2.75, 3.05) is 36.5 Å². The second kappa shape index (κ2) is 13.3. The minimum Gasteiger partial charge on any atom is -0.461 e. The van der Waals surface area contributed by atoms with E-state index in [0.717, 1.165) is 16.5 Å². The van der Waals surface area contributed by atoms with Crippen LogP contribution in [-0.4, -0.2) is 65.0 Å². The van der Waals surface area contributed by atoms with Crippen molar-refractivity contribution in [1.29, 1.82) is 0 Å². The van der Waals surface area contributed by atoms with E-state index in [0.29, 0.717) is 57.2 Å². The van der Waals surface area contributed by atoms with Crippen molar-refractivity contribution >= 4 is 45.8 Å². The molecule has 1 N–H and O–H groups in total. The quantitative estimate of drug-likeness (QED) is 0.0822. The molecular weight excluding hydrogens is 598 g/mol. The van der Waals surface area contributed by atoms with Crippen LogP contribution < -0.4 is 10.2 Å². The van der Waals surface area contributed by atoms with Crippen molar-refractivity contribution in [2.24, 2.45) is 0 Å². The molecule has 1 aromatic heterocycles. The number of anilines is 2. The van der Waals surface area contributed by atoms with Crippen LogP contribution in [0.4, 0.5) is 11.4 Å². The summed E-state index contributed by atoms with van der Waals surface area (Å²) in [6, 6.07) is 25.0. The van der Waals surface area contributed by atoms with Gasteiger partial charge in [0.2, 0.25) is 17.7 Å². The molecule has 11 heteroatoms. The molecule has 0 bridgehead atoms. The first-order valence-electron chi connectivity index (χ1n) is 14.8. The molecule has 234 valence electrons. The Labute approximate surface area is 269 Å². The number of benzene rings is 4. The second-order valence-corrected chi connectivity index (χ2v) is 10.5. The zero-order valence-electron chi connectivity index (χ0n) is 25.2. The fraction of sp³-hybridized carbons (Fsp3) is 0.111. The summed E-state index contributed by atoms with van der Waals surface area (Å²) >= 11 is 0. The van der Waals surface area contributed by atoms with Crippen molar-refractivity contribution in [1.82, 2.24) is 15.1 Å². The van der Waals surface area contributed by atoms with Gasteiger partial charge in [-0.2, -0.15) is 0 Å². The van der Waals surface area contributed by atoms with Gasteiger partial charge in [0, 0.05) is 70.1 Å². The highest BCUT2D eigenvalue weighted by atomic mass is 16.5. The number of imide groups is 1. The van der Waals surface area contributed by atoms with Crippen LogP contribution in [-0.2, 0) is 14.3 Å². The smallest absolute Gasteiger partial charge is 0.330 e. The summed E-state index contributed by atoms with van der Waals surface area (Å²) < 4.78 is 10.9. The van der Waals surface area contributed by atoms with Crippen LogP contribution in [0, 0.1) is 0 Å². The lowest BCUT2D eigenvalue weighted by Gasteiger charge is -2.30. The van der Waals surface area contributed by atoms with Gasteiger partial charge >= 0.3 is 5.97 Å². The van der Waals surface area contributed by atoms with Crippen molar-refractivity contribution in [3.8, 4) is 22.9 Å². The molecule has 47 heavy (non-hydrogen) atoms. The number of aromatic nitrogens is 2. The standard InChI is InChI=1S/C36H29N5O6/c1-3-30(42)40(25-15-13-24(14-16-25)34-39-38-33(47-34)23-9-6-5-7-10-23)20-21-41-35(44)27-12-8-11-26-29(37-19-22-46-31(43)4-2)18-17-28(32(26)27)36(41)45/h3-18,37H,1-2,19-22H2. The Kier molecular flexibility index (Phi) is 8.69. The maximum Gasteiger partial charge on any atom is 0.330 e. The summed E-state index contributed by atoms with van der Waals surface area (Å²) in [7, 11) is 0. The van der Waals surface area contributed by atoms with Gasteiger partial charge in [0.15, 0.2) is 0 Å².